The molecule has 33 heavy (non-hydrogen) atoms. The zero-order chi connectivity index (χ0) is 25.3. The molecule has 0 bridgehead atoms. The fourth-order valence-corrected chi connectivity index (χ4v) is 3.02. The van der Waals surface area contributed by atoms with Crippen LogP contribution >= 0.6 is 0 Å². The SMILES string of the molecule is COC(=O)CNC(=O)C(c1cccc(C)c1C)N(CC#N)C(=O)C(C)NC(=O)OC(C)(C)C. The minimum absolute atomic E-state index is 0.406. The molecule has 0 saturated carbocycles. The predicted octanol–water partition coefficient (Wildman–Crippen LogP) is 1.90. The quantitative estimate of drug-likeness (QED) is 0.446. The first kappa shape index (κ1) is 27.4. The number of nitriles is 1. The largest absolute Gasteiger partial charge is 0.468 e. The number of carbonyl (C=O) groups excluding carboxylic acids is 4. The molecule has 180 valence electrons. The molecule has 0 heterocycles. The Kier molecular flexibility index (Phi) is 9.85. The maximum absolute atomic E-state index is 13.3. The number of hydrogen-bond acceptors (Lipinski definition) is 7. The predicted molar refractivity (Wildman–Crippen MR) is 120 cm³/mol. The third-order valence-corrected chi connectivity index (χ3v) is 4.76. The number of ether oxygens (including phenoxy) is 2. The van der Waals surface area contributed by atoms with E-state index in [2.05, 4.69) is 15.4 Å². The van der Waals surface area contributed by atoms with Crippen LogP contribution in [-0.2, 0) is 23.9 Å². The number of esters is 1. The first-order valence-electron chi connectivity index (χ1n) is 10.4. The van der Waals surface area contributed by atoms with Crippen molar-refractivity contribution in [2.24, 2.45) is 0 Å². The highest BCUT2D eigenvalue weighted by Crippen LogP contribution is 2.27. The van der Waals surface area contributed by atoms with Crippen LogP contribution in [0.3, 0.4) is 0 Å². The van der Waals surface area contributed by atoms with Crippen LogP contribution in [0, 0.1) is 25.2 Å². The number of carbonyl (C=O) groups is 4. The number of methoxy groups -OCH3 is 1. The molecule has 0 aromatic heterocycles. The molecule has 10 nitrogen and oxygen atoms in total. The van der Waals surface area contributed by atoms with Gasteiger partial charge in [0.1, 0.15) is 30.8 Å². The molecule has 2 N–H and O–H groups in total. The first-order chi connectivity index (χ1) is 15.3. The summed E-state index contributed by atoms with van der Waals surface area (Å²) in [6.45, 7) is 9.30. The number of benzene rings is 1. The second kappa shape index (κ2) is 11.9. The molecule has 2 atom stereocenters. The van der Waals surface area contributed by atoms with E-state index in [9.17, 15) is 24.4 Å². The molecule has 0 spiro atoms. The standard InChI is InChI=1S/C23H32N4O6/c1-14-9-8-10-17(15(14)2)19(20(29)25-13-18(28)32-7)27(12-11-24)21(30)16(3)26-22(31)33-23(4,5)6/h8-10,16,19H,12-13H2,1-7H3,(H,25,29)(H,26,31). The number of rotatable bonds is 8. The zero-order valence-corrected chi connectivity index (χ0v) is 20.1. The molecule has 0 aliphatic carbocycles. The van der Waals surface area contributed by atoms with Crippen molar-refractivity contribution in [1.29, 1.82) is 5.26 Å². The number of alkyl carbamates (subject to hydrolysis) is 1. The average Bonchev–Trinajstić information content (AvgIpc) is 2.72. The van der Waals surface area contributed by atoms with Crippen LogP contribution in [0.2, 0.25) is 0 Å². The third kappa shape index (κ3) is 8.11. The van der Waals surface area contributed by atoms with Crippen molar-refractivity contribution in [1.82, 2.24) is 15.5 Å². The molecule has 0 saturated heterocycles. The smallest absolute Gasteiger partial charge is 0.408 e. The number of aryl methyl sites for hydroxylation is 1. The van der Waals surface area contributed by atoms with Crippen LogP contribution in [-0.4, -0.2) is 60.6 Å². The Morgan fingerprint density at radius 2 is 1.82 bits per heavy atom. The summed E-state index contributed by atoms with van der Waals surface area (Å²) >= 11 is 0. The van der Waals surface area contributed by atoms with Crippen LogP contribution in [0.25, 0.3) is 0 Å². The summed E-state index contributed by atoms with van der Waals surface area (Å²) in [5.74, 6) is -2.00. The summed E-state index contributed by atoms with van der Waals surface area (Å²) < 4.78 is 9.74. The van der Waals surface area contributed by atoms with Crippen LogP contribution in [0.5, 0.6) is 0 Å². The van der Waals surface area contributed by atoms with Gasteiger partial charge in [0.05, 0.1) is 13.2 Å². The Balaban J connectivity index is 3.34. The van der Waals surface area contributed by atoms with E-state index in [1.165, 1.54) is 14.0 Å². The van der Waals surface area contributed by atoms with Crippen molar-refractivity contribution in [3.63, 3.8) is 0 Å². The van der Waals surface area contributed by atoms with Gasteiger partial charge in [0.2, 0.25) is 11.8 Å². The van der Waals surface area contributed by atoms with Crippen molar-refractivity contribution < 1.29 is 28.7 Å². The summed E-state index contributed by atoms with van der Waals surface area (Å²) in [5, 5.41) is 14.3. The zero-order valence-electron chi connectivity index (χ0n) is 20.1. The Morgan fingerprint density at radius 3 is 2.36 bits per heavy atom. The number of amides is 3. The normalized spacial score (nSPS) is 12.5. The molecule has 0 aliphatic heterocycles. The molecular weight excluding hydrogens is 428 g/mol. The second-order valence-electron chi connectivity index (χ2n) is 8.48. The third-order valence-electron chi connectivity index (χ3n) is 4.76. The van der Waals surface area contributed by atoms with E-state index in [1.807, 2.05) is 19.1 Å². The highest BCUT2D eigenvalue weighted by molar-refractivity contribution is 5.93. The first-order valence-corrected chi connectivity index (χ1v) is 10.4. The summed E-state index contributed by atoms with van der Waals surface area (Å²) in [6.07, 6.45) is -0.807. The van der Waals surface area contributed by atoms with Crippen molar-refractivity contribution in [2.45, 2.75) is 59.2 Å². The molecule has 0 radical (unpaired) electrons. The van der Waals surface area contributed by atoms with Gasteiger partial charge >= 0.3 is 12.1 Å². The fourth-order valence-electron chi connectivity index (χ4n) is 3.02. The van der Waals surface area contributed by atoms with Gasteiger partial charge < -0.3 is 25.0 Å². The van der Waals surface area contributed by atoms with E-state index in [4.69, 9.17) is 4.74 Å². The van der Waals surface area contributed by atoms with Crippen LogP contribution in [0.15, 0.2) is 18.2 Å². The minimum atomic E-state index is -1.22. The molecule has 1 aromatic rings. The molecule has 3 amide bonds. The lowest BCUT2D eigenvalue weighted by Gasteiger charge is -2.32. The van der Waals surface area contributed by atoms with Gasteiger partial charge in [-0.2, -0.15) is 5.26 Å². The minimum Gasteiger partial charge on any atom is -0.468 e. The van der Waals surface area contributed by atoms with Crippen molar-refractivity contribution in [3.05, 3.63) is 34.9 Å². The van der Waals surface area contributed by atoms with E-state index < -0.39 is 54.7 Å². The van der Waals surface area contributed by atoms with Gasteiger partial charge in [0, 0.05) is 0 Å². The summed E-state index contributed by atoms with van der Waals surface area (Å²) in [6, 6.07) is 4.85. The van der Waals surface area contributed by atoms with Gasteiger partial charge in [-0.3, -0.25) is 14.4 Å². The van der Waals surface area contributed by atoms with E-state index in [1.54, 1.807) is 39.8 Å². The van der Waals surface area contributed by atoms with Crippen LogP contribution in [0.4, 0.5) is 4.79 Å². The van der Waals surface area contributed by atoms with Gasteiger partial charge in [-0.1, -0.05) is 18.2 Å². The highest BCUT2D eigenvalue weighted by Gasteiger charge is 2.35. The lowest BCUT2D eigenvalue weighted by molar-refractivity contribution is -0.144. The van der Waals surface area contributed by atoms with Gasteiger partial charge in [0.15, 0.2) is 0 Å². The van der Waals surface area contributed by atoms with Crippen molar-refractivity contribution in [2.75, 3.05) is 20.2 Å². The van der Waals surface area contributed by atoms with E-state index in [0.29, 0.717) is 5.56 Å². The summed E-state index contributed by atoms with van der Waals surface area (Å²) in [5.41, 5.74) is 1.35. The van der Waals surface area contributed by atoms with E-state index in [0.717, 1.165) is 16.0 Å². The van der Waals surface area contributed by atoms with Gasteiger partial charge in [-0.15, -0.1) is 0 Å². The molecular formula is C23H32N4O6. The summed E-state index contributed by atoms with van der Waals surface area (Å²) in [4.78, 5) is 51.2. The van der Waals surface area contributed by atoms with Gasteiger partial charge in [-0.05, 0) is 58.2 Å². The molecule has 1 rings (SSSR count). The molecule has 1 aromatic carbocycles. The molecule has 10 heteroatoms. The maximum atomic E-state index is 13.3. The Hall–Kier alpha value is -3.61. The molecule has 0 aliphatic rings. The number of nitrogens with one attached hydrogen (secondary N) is 2. The lowest BCUT2D eigenvalue weighted by Crippen LogP contribution is -2.52. The van der Waals surface area contributed by atoms with Crippen LogP contribution in [0.1, 0.15) is 50.4 Å². The maximum Gasteiger partial charge on any atom is 0.408 e. The second-order valence-corrected chi connectivity index (χ2v) is 8.48. The topological polar surface area (TPSA) is 138 Å². The number of nitrogens with zero attached hydrogens (tertiary/aromatic N) is 2. The summed E-state index contributed by atoms with van der Waals surface area (Å²) in [7, 11) is 1.19. The Labute approximate surface area is 194 Å². The highest BCUT2D eigenvalue weighted by atomic mass is 16.6. The lowest BCUT2D eigenvalue weighted by atomic mass is 9.95. The van der Waals surface area contributed by atoms with Gasteiger partial charge in [-0.25, -0.2) is 4.79 Å². The molecule has 0 fully saturated rings. The Bertz CT molecular complexity index is 932. The average molecular weight is 461 g/mol. The van der Waals surface area contributed by atoms with E-state index in [-0.39, 0.29) is 0 Å². The van der Waals surface area contributed by atoms with Gasteiger partial charge in [0.25, 0.3) is 0 Å². The van der Waals surface area contributed by atoms with Crippen LogP contribution < -0.4 is 10.6 Å². The number of hydrogen-bond donors (Lipinski definition) is 2. The van der Waals surface area contributed by atoms with Crippen molar-refractivity contribution >= 4 is 23.9 Å². The molecule has 2 unspecified atom stereocenters. The van der Waals surface area contributed by atoms with Crippen molar-refractivity contribution in [3.8, 4) is 6.07 Å². The fraction of sp³-hybridized carbons (Fsp3) is 0.522. The Morgan fingerprint density at radius 1 is 1.18 bits per heavy atom. The van der Waals surface area contributed by atoms with E-state index >= 15 is 0 Å². The monoisotopic (exact) mass is 460 g/mol.